The van der Waals surface area contributed by atoms with Gasteiger partial charge in [-0.3, -0.25) is 0 Å². The van der Waals surface area contributed by atoms with E-state index in [0.717, 1.165) is 18.4 Å². The largest absolute Gasteiger partial charge is 0.369 e. The Morgan fingerprint density at radius 1 is 1.10 bits per heavy atom. The third kappa shape index (κ3) is 4.03. The monoisotopic (exact) mass is 279 g/mol. The zero-order valence-electron chi connectivity index (χ0n) is 12.7. The quantitative estimate of drug-likeness (QED) is 0.902. The lowest BCUT2D eigenvalue weighted by Gasteiger charge is -2.35. The van der Waals surface area contributed by atoms with Crippen LogP contribution in [0.25, 0.3) is 0 Å². The van der Waals surface area contributed by atoms with Crippen molar-refractivity contribution < 1.29 is 9.13 Å². The van der Waals surface area contributed by atoms with E-state index in [0.29, 0.717) is 11.8 Å². The Hall–Kier alpha value is -0.930. The Morgan fingerprint density at radius 3 is 2.15 bits per heavy atom. The van der Waals surface area contributed by atoms with Crippen molar-refractivity contribution in [1.82, 2.24) is 0 Å². The second kappa shape index (κ2) is 6.68. The van der Waals surface area contributed by atoms with E-state index < -0.39 is 0 Å². The highest BCUT2D eigenvalue weighted by Crippen LogP contribution is 2.34. The number of hydrogen-bond acceptors (Lipinski definition) is 2. The summed E-state index contributed by atoms with van der Waals surface area (Å²) >= 11 is 0. The fourth-order valence-electron chi connectivity index (χ4n) is 3.35. The van der Waals surface area contributed by atoms with Gasteiger partial charge in [-0.2, -0.15) is 0 Å². The molecule has 2 rings (SSSR count). The molecule has 0 radical (unpaired) electrons. The predicted molar refractivity (Wildman–Crippen MR) is 79.8 cm³/mol. The number of halogens is 1. The summed E-state index contributed by atoms with van der Waals surface area (Å²) in [5.41, 5.74) is 7.04. The third-order valence-electron chi connectivity index (χ3n) is 4.15. The summed E-state index contributed by atoms with van der Waals surface area (Å²) in [5.74, 6) is 1.17. The van der Waals surface area contributed by atoms with Crippen LogP contribution in [0.2, 0.25) is 0 Å². The first kappa shape index (κ1) is 15.5. The Bertz CT molecular complexity index is 408. The van der Waals surface area contributed by atoms with Crippen molar-refractivity contribution in [2.75, 3.05) is 0 Å². The van der Waals surface area contributed by atoms with Crippen LogP contribution in [0.15, 0.2) is 24.3 Å². The number of hydrogen-bond donors (Lipinski definition) is 1. The van der Waals surface area contributed by atoms with E-state index in [-0.39, 0.29) is 24.1 Å². The van der Waals surface area contributed by atoms with Gasteiger partial charge in [-0.25, -0.2) is 4.39 Å². The average Bonchev–Trinajstić information content (AvgIpc) is 2.36. The molecule has 0 saturated heterocycles. The molecule has 0 aliphatic heterocycles. The van der Waals surface area contributed by atoms with Gasteiger partial charge >= 0.3 is 0 Å². The third-order valence-corrected chi connectivity index (χ3v) is 4.15. The summed E-state index contributed by atoms with van der Waals surface area (Å²) in [6.07, 6.45) is 3.57. The first-order valence-electron chi connectivity index (χ1n) is 7.62. The maximum absolute atomic E-state index is 13.0. The topological polar surface area (TPSA) is 35.2 Å². The van der Waals surface area contributed by atoms with Gasteiger partial charge in [0.25, 0.3) is 0 Å². The SMILES string of the molecule is CC1CC(C)CC(OC(c2ccc(F)cc2)C(C)N)C1. The van der Waals surface area contributed by atoms with Gasteiger partial charge in [0.1, 0.15) is 5.82 Å². The molecule has 1 saturated carbocycles. The van der Waals surface area contributed by atoms with Crippen LogP contribution in [0.5, 0.6) is 0 Å². The van der Waals surface area contributed by atoms with E-state index in [1.165, 1.54) is 18.6 Å². The average molecular weight is 279 g/mol. The highest BCUT2D eigenvalue weighted by atomic mass is 19.1. The molecule has 0 aromatic heterocycles. The second-order valence-corrected chi connectivity index (χ2v) is 6.51. The van der Waals surface area contributed by atoms with Gasteiger partial charge < -0.3 is 10.5 Å². The van der Waals surface area contributed by atoms with Crippen LogP contribution < -0.4 is 5.73 Å². The normalized spacial score (nSPS) is 29.9. The summed E-state index contributed by atoms with van der Waals surface area (Å²) in [4.78, 5) is 0. The van der Waals surface area contributed by atoms with Crippen molar-refractivity contribution >= 4 is 0 Å². The summed E-state index contributed by atoms with van der Waals surface area (Å²) in [6.45, 7) is 6.51. The highest BCUT2D eigenvalue weighted by Gasteiger charge is 2.28. The van der Waals surface area contributed by atoms with E-state index >= 15 is 0 Å². The molecule has 3 heteroatoms. The first-order valence-corrected chi connectivity index (χ1v) is 7.62. The van der Waals surface area contributed by atoms with Crippen LogP contribution in [0, 0.1) is 17.7 Å². The number of benzene rings is 1. The van der Waals surface area contributed by atoms with E-state index in [1.54, 1.807) is 12.1 Å². The first-order chi connectivity index (χ1) is 9.45. The second-order valence-electron chi connectivity index (χ2n) is 6.51. The van der Waals surface area contributed by atoms with Crippen LogP contribution in [-0.4, -0.2) is 12.1 Å². The molecule has 2 N–H and O–H groups in total. The van der Waals surface area contributed by atoms with Crippen molar-refractivity contribution in [1.29, 1.82) is 0 Å². The van der Waals surface area contributed by atoms with Crippen LogP contribution in [0.4, 0.5) is 4.39 Å². The van der Waals surface area contributed by atoms with Gasteiger partial charge in [0.15, 0.2) is 0 Å². The molecule has 0 spiro atoms. The van der Waals surface area contributed by atoms with Crippen LogP contribution in [0.1, 0.15) is 51.7 Å². The maximum Gasteiger partial charge on any atom is 0.123 e. The Kier molecular flexibility index (Phi) is 5.17. The van der Waals surface area contributed by atoms with Crippen molar-refractivity contribution in [3.63, 3.8) is 0 Å². The van der Waals surface area contributed by atoms with E-state index in [2.05, 4.69) is 13.8 Å². The van der Waals surface area contributed by atoms with E-state index in [4.69, 9.17) is 10.5 Å². The molecular formula is C17H26FNO. The fraction of sp³-hybridized carbons (Fsp3) is 0.647. The lowest BCUT2D eigenvalue weighted by molar-refractivity contribution is -0.0585. The molecule has 4 atom stereocenters. The number of nitrogens with two attached hydrogens (primary N) is 1. The van der Waals surface area contributed by atoms with Crippen molar-refractivity contribution in [2.45, 2.75) is 58.3 Å². The number of rotatable bonds is 4. The molecule has 1 aliphatic rings. The standard InChI is InChI=1S/C17H26FNO/c1-11-8-12(2)10-16(9-11)20-17(13(3)19)14-4-6-15(18)7-5-14/h4-7,11-13,16-17H,8-10,19H2,1-3H3. The zero-order chi connectivity index (χ0) is 14.7. The number of ether oxygens (including phenoxy) is 1. The van der Waals surface area contributed by atoms with Gasteiger partial charge in [0.05, 0.1) is 12.2 Å². The highest BCUT2D eigenvalue weighted by molar-refractivity contribution is 5.20. The molecule has 1 aromatic rings. The van der Waals surface area contributed by atoms with Crippen LogP contribution >= 0.6 is 0 Å². The van der Waals surface area contributed by atoms with Crippen LogP contribution in [0.3, 0.4) is 0 Å². The molecular weight excluding hydrogens is 253 g/mol. The molecule has 1 fully saturated rings. The zero-order valence-corrected chi connectivity index (χ0v) is 12.7. The van der Waals surface area contributed by atoms with Gasteiger partial charge in [0, 0.05) is 6.04 Å². The molecule has 4 unspecified atom stereocenters. The smallest absolute Gasteiger partial charge is 0.123 e. The lowest BCUT2D eigenvalue weighted by Crippen LogP contribution is -2.34. The molecule has 112 valence electrons. The van der Waals surface area contributed by atoms with Gasteiger partial charge in [-0.1, -0.05) is 26.0 Å². The van der Waals surface area contributed by atoms with Crippen LogP contribution in [-0.2, 0) is 4.74 Å². The molecule has 0 bridgehead atoms. The van der Waals surface area contributed by atoms with Gasteiger partial charge in [0.2, 0.25) is 0 Å². The van der Waals surface area contributed by atoms with Gasteiger partial charge in [-0.15, -0.1) is 0 Å². The summed E-state index contributed by atoms with van der Waals surface area (Å²) in [5, 5.41) is 0. The molecule has 1 aliphatic carbocycles. The lowest BCUT2D eigenvalue weighted by atomic mass is 9.81. The Labute approximate surface area is 121 Å². The molecule has 2 nitrogen and oxygen atoms in total. The minimum atomic E-state index is -0.225. The van der Waals surface area contributed by atoms with Crippen molar-refractivity contribution in [3.05, 3.63) is 35.6 Å². The Balaban J connectivity index is 2.07. The van der Waals surface area contributed by atoms with E-state index in [9.17, 15) is 4.39 Å². The fourth-order valence-corrected chi connectivity index (χ4v) is 3.35. The molecule has 0 heterocycles. The van der Waals surface area contributed by atoms with Gasteiger partial charge in [-0.05, 0) is 55.7 Å². The van der Waals surface area contributed by atoms with Crippen molar-refractivity contribution in [3.8, 4) is 0 Å². The minimum Gasteiger partial charge on any atom is -0.369 e. The minimum absolute atomic E-state index is 0.104. The molecule has 1 aromatic carbocycles. The summed E-state index contributed by atoms with van der Waals surface area (Å²) < 4.78 is 19.3. The maximum atomic E-state index is 13.0. The summed E-state index contributed by atoms with van der Waals surface area (Å²) in [6, 6.07) is 6.39. The summed E-state index contributed by atoms with van der Waals surface area (Å²) in [7, 11) is 0. The van der Waals surface area contributed by atoms with Crippen molar-refractivity contribution in [2.24, 2.45) is 17.6 Å². The van der Waals surface area contributed by atoms with E-state index in [1.807, 2.05) is 6.92 Å². The molecule has 0 amide bonds. The Morgan fingerprint density at radius 2 is 1.65 bits per heavy atom. The molecule has 20 heavy (non-hydrogen) atoms. The predicted octanol–water partition coefficient (Wildman–Crippen LogP) is 4.06.